The van der Waals surface area contributed by atoms with Gasteiger partial charge >= 0.3 is 0 Å². The molecule has 0 fully saturated rings. The molecule has 1 atom stereocenters. The first kappa shape index (κ1) is 9.37. The topological polar surface area (TPSA) is 32.3 Å². The quantitative estimate of drug-likeness (QED) is 0.685. The largest absolute Gasteiger partial charge is 0.381 e. The molecule has 14 heavy (non-hydrogen) atoms. The summed E-state index contributed by atoms with van der Waals surface area (Å²) in [6.45, 7) is 1.92. The first-order valence-electron chi connectivity index (χ1n) is 4.45. The van der Waals surface area contributed by atoms with E-state index in [0.29, 0.717) is 4.99 Å². The Hall–Kier alpha value is -1.19. The van der Waals surface area contributed by atoms with Gasteiger partial charge in [0, 0.05) is 11.3 Å². The van der Waals surface area contributed by atoms with Gasteiger partial charge in [-0.25, -0.2) is 0 Å². The van der Waals surface area contributed by atoms with Gasteiger partial charge in [0.15, 0.2) is 0 Å². The average Bonchev–Trinajstić information content (AvgIpc) is 2.43. The van der Waals surface area contributed by atoms with Crippen LogP contribution >= 0.6 is 12.2 Å². The second-order valence-corrected chi connectivity index (χ2v) is 3.74. The van der Waals surface area contributed by atoms with E-state index >= 15 is 0 Å². The van der Waals surface area contributed by atoms with Gasteiger partial charge in [0.2, 0.25) is 0 Å². The average molecular weight is 205 g/mol. The van der Waals surface area contributed by atoms with Gasteiger partial charge in [0.25, 0.3) is 0 Å². The lowest BCUT2D eigenvalue weighted by molar-refractivity contribution is 0.301. The highest BCUT2D eigenvalue weighted by molar-refractivity contribution is 7.80. The lowest BCUT2D eigenvalue weighted by atomic mass is 10.0. The van der Waals surface area contributed by atoms with Crippen LogP contribution in [-0.2, 0) is 0 Å². The molecule has 2 N–H and O–H groups in total. The Balaban J connectivity index is 2.45. The molecule has 0 aliphatic carbocycles. The van der Waals surface area contributed by atoms with Crippen LogP contribution in [0.25, 0.3) is 5.57 Å². The third-order valence-corrected chi connectivity index (χ3v) is 2.65. The molecule has 1 unspecified atom stereocenters. The van der Waals surface area contributed by atoms with E-state index in [-0.39, 0.29) is 0 Å². The predicted octanol–water partition coefficient (Wildman–Crippen LogP) is 1.71. The number of aliphatic hydroxyl groups is 1. The van der Waals surface area contributed by atoms with Crippen LogP contribution in [0.4, 0.5) is 0 Å². The van der Waals surface area contributed by atoms with Crippen LogP contribution in [0, 0.1) is 0 Å². The third kappa shape index (κ3) is 1.45. The minimum Gasteiger partial charge on any atom is -0.381 e. The Morgan fingerprint density at radius 2 is 1.93 bits per heavy atom. The summed E-state index contributed by atoms with van der Waals surface area (Å²) in [4.78, 5) is 0.487. The molecule has 0 saturated heterocycles. The van der Waals surface area contributed by atoms with Crippen molar-refractivity contribution in [1.29, 1.82) is 0 Å². The molecule has 0 saturated carbocycles. The fraction of sp³-hybridized carbons (Fsp3) is 0.182. The minimum absolute atomic E-state index is 0.487. The van der Waals surface area contributed by atoms with Gasteiger partial charge in [-0.2, -0.15) is 0 Å². The van der Waals surface area contributed by atoms with E-state index in [2.05, 4.69) is 5.32 Å². The molecule has 2 rings (SSSR count). The molecule has 1 aromatic carbocycles. The van der Waals surface area contributed by atoms with Gasteiger partial charge < -0.3 is 10.4 Å². The monoisotopic (exact) mass is 205 g/mol. The van der Waals surface area contributed by atoms with Crippen molar-refractivity contribution >= 4 is 22.8 Å². The lowest BCUT2D eigenvalue weighted by Crippen LogP contribution is -2.22. The Labute approximate surface area is 88.3 Å². The second kappa shape index (κ2) is 3.52. The van der Waals surface area contributed by atoms with Crippen molar-refractivity contribution in [2.45, 2.75) is 13.0 Å². The molecule has 0 bridgehead atoms. The summed E-state index contributed by atoms with van der Waals surface area (Å²) in [5, 5.41) is 12.8. The van der Waals surface area contributed by atoms with Crippen molar-refractivity contribution in [2.75, 3.05) is 0 Å². The van der Waals surface area contributed by atoms with Crippen molar-refractivity contribution in [3.05, 3.63) is 41.6 Å². The zero-order chi connectivity index (χ0) is 10.1. The number of rotatable bonds is 1. The van der Waals surface area contributed by atoms with Crippen LogP contribution in [-0.4, -0.2) is 16.2 Å². The number of benzene rings is 1. The van der Waals surface area contributed by atoms with Crippen LogP contribution in [0.15, 0.2) is 36.0 Å². The summed E-state index contributed by atoms with van der Waals surface area (Å²) in [5.74, 6) is 0. The molecule has 72 valence electrons. The summed E-state index contributed by atoms with van der Waals surface area (Å²) in [6.07, 6.45) is -0.660. The van der Waals surface area contributed by atoms with Crippen LogP contribution in [0.5, 0.6) is 0 Å². The summed E-state index contributed by atoms with van der Waals surface area (Å²) in [6, 6.07) is 9.79. The molecule has 0 radical (unpaired) electrons. The van der Waals surface area contributed by atoms with Crippen molar-refractivity contribution < 1.29 is 5.11 Å². The molecule has 0 amide bonds. The predicted molar refractivity (Wildman–Crippen MR) is 60.8 cm³/mol. The summed E-state index contributed by atoms with van der Waals surface area (Å²) < 4.78 is 0. The Kier molecular flexibility index (Phi) is 2.35. The molecular weight excluding hydrogens is 194 g/mol. The van der Waals surface area contributed by atoms with E-state index in [4.69, 9.17) is 12.2 Å². The van der Waals surface area contributed by atoms with Crippen LogP contribution in [0.3, 0.4) is 0 Å². The number of aliphatic hydroxyl groups excluding tert-OH is 1. The molecule has 1 heterocycles. The molecule has 0 aromatic heterocycles. The van der Waals surface area contributed by atoms with E-state index in [1.54, 1.807) is 0 Å². The normalized spacial score (nSPS) is 21.3. The van der Waals surface area contributed by atoms with Gasteiger partial charge in [0.1, 0.15) is 11.1 Å². The van der Waals surface area contributed by atoms with Crippen molar-refractivity contribution in [3.8, 4) is 0 Å². The summed E-state index contributed by atoms with van der Waals surface area (Å²) in [7, 11) is 0. The van der Waals surface area contributed by atoms with Gasteiger partial charge in [-0.3, -0.25) is 0 Å². The van der Waals surface area contributed by atoms with E-state index in [1.165, 1.54) is 0 Å². The summed E-state index contributed by atoms with van der Waals surface area (Å²) in [5.41, 5.74) is 2.84. The van der Waals surface area contributed by atoms with Gasteiger partial charge in [-0.05, 0) is 12.5 Å². The van der Waals surface area contributed by atoms with E-state index in [1.807, 2.05) is 37.3 Å². The number of hydrogen-bond donors (Lipinski definition) is 2. The molecule has 1 aliphatic heterocycles. The Morgan fingerprint density at radius 1 is 1.29 bits per heavy atom. The molecule has 3 heteroatoms. The standard InChI is InChI=1S/C11H11NOS/c1-7-9(10(13)11(14)12-7)8-5-3-2-4-6-8/h2-6,10,13H,1H3,(H,12,14). The molecule has 0 spiro atoms. The van der Waals surface area contributed by atoms with Crippen LogP contribution in [0.2, 0.25) is 0 Å². The van der Waals surface area contributed by atoms with E-state index in [9.17, 15) is 5.11 Å². The fourth-order valence-corrected chi connectivity index (χ4v) is 1.92. The molecule has 1 aliphatic rings. The molecular formula is C11H11NOS. The zero-order valence-corrected chi connectivity index (χ0v) is 8.64. The first-order chi connectivity index (χ1) is 6.70. The Morgan fingerprint density at radius 3 is 2.43 bits per heavy atom. The van der Waals surface area contributed by atoms with Crippen molar-refractivity contribution in [1.82, 2.24) is 5.32 Å². The number of allylic oxidation sites excluding steroid dienone is 1. The highest BCUT2D eigenvalue weighted by Crippen LogP contribution is 2.26. The maximum Gasteiger partial charge on any atom is 0.131 e. The number of thiocarbonyl (C=S) groups is 1. The summed E-state index contributed by atoms with van der Waals surface area (Å²) >= 11 is 4.99. The third-order valence-electron chi connectivity index (χ3n) is 2.32. The highest BCUT2D eigenvalue weighted by Gasteiger charge is 2.26. The van der Waals surface area contributed by atoms with Gasteiger partial charge in [0.05, 0.1) is 0 Å². The molecule has 2 nitrogen and oxygen atoms in total. The smallest absolute Gasteiger partial charge is 0.131 e. The maximum atomic E-state index is 9.82. The zero-order valence-electron chi connectivity index (χ0n) is 7.82. The molecule has 1 aromatic rings. The van der Waals surface area contributed by atoms with E-state index < -0.39 is 6.10 Å². The fourth-order valence-electron chi connectivity index (χ4n) is 1.65. The number of nitrogens with one attached hydrogen (secondary N) is 1. The van der Waals surface area contributed by atoms with Gasteiger partial charge in [-0.15, -0.1) is 0 Å². The van der Waals surface area contributed by atoms with Crippen LogP contribution < -0.4 is 5.32 Å². The van der Waals surface area contributed by atoms with E-state index in [0.717, 1.165) is 16.8 Å². The Bertz CT molecular complexity index is 397. The number of hydrogen-bond acceptors (Lipinski definition) is 2. The SMILES string of the molecule is CC1=C(c2ccccc2)C(O)C(=S)N1. The van der Waals surface area contributed by atoms with Crippen LogP contribution in [0.1, 0.15) is 12.5 Å². The maximum absolute atomic E-state index is 9.82. The second-order valence-electron chi connectivity index (χ2n) is 3.30. The van der Waals surface area contributed by atoms with Crippen molar-refractivity contribution in [3.63, 3.8) is 0 Å². The highest BCUT2D eigenvalue weighted by atomic mass is 32.1. The minimum atomic E-state index is -0.660. The van der Waals surface area contributed by atoms with Crippen molar-refractivity contribution in [2.24, 2.45) is 0 Å². The van der Waals surface area contributed by atoms with Gasteiger partial charge in [-0.1, -0.05) is 42.5 Å². The first-order valence-corrected chi connectivity index (χ1v) is 4.86. The lowest BCUT2D eigenvalue weighted by Gasteiger charge is -2.07.